The number of phenols is 1. The van der Waals surface area contributed by atoms with Crippen molar-refractivity contribution in [2.75, 3.05) is 36.4 Å². The maximum absolute atomic E-state index is 15.4. The topological polar surface area (TPSA) is 144 Å². The van der Waals surface area contributed by atoms with Crippen LogP contribution >= 0.6 is 23.2 Å². The molecule has 2 heterocycles. The molecule has 5 aromatic rings. The standard InChI is InChI=1S/C47H39Cl2FN6O6/c1-54(2)32-16-12-29(13-17-32)51-52-30-14-18-33(19-15-30)55-43(58)35-21-20-34-36(40(35)45(55)60)24-37-44(59)56(53-31-10-8-28(50)9-11-31)46(61)47(37,26-4-6-27(48)7-5-26)41(34)25-22-38(49)42(57)39(23-25)62-3/h4-20,22-23,35-37,40-41,53,57H,21,24H2,1-3H3. The number of benzene rings is 5. The van der Waals surface area contributed by atoms with Gasteiger partial charge in [0.25, 0.3) is 11.8 Å². The number of anilines is 3. The van der Waals surface area contributed by atoms with E-state index >= 15 is 4.79 Å². The lowest BCUT2D eigenvalue weighted by molar-refractivity contribution is -0.138. The van der Waals surface area contributed by atoms with Crippen molar-refractivity contribution in [3.05, 3.63) is 148 Å². The van der Waals surface area contributed by atoms with Gasteiger partial charge >= 0.3 is 0 Å². The van der Waals surface area contributed by atoms with Crippen LogP contribution < -0.4 is 20.0 Å². The van der Waals surface area contributed by atoms with Crippen LogP contribution in [0.5, 0.6) is 11.5 Å². The van der Waals surface area contributed by atoms with Crippen molar-refractivity contribution in [2.24, 2.45) is 33.9 Å². The molecule has 12 nitrogen and oxygen atoms in total. The van der Waals surface area contributed by atoms with E-state index in [0.717, 1.165) is 10.7 Å². The van der Waals surface area contributed by atoms with Crippen molar-refractivity contribution in [3.8, 4) is 11.5 Å². The minimum atomic E-state index is -1.65. The van der Waals surface area contributed by atoms with Gasteiger partial charge in [-0.3, -0.25) is 29.5 Å². The number of carbonyl (C=O) groups is 4. The number of fused-ring (bicyclic) bond motifs is 4. The van der Waals surface area contributed by atoms with Crippen LogP contribution in [0.4, 0.5) is 32.8 Å². The van der Waals surface area contributed by atoms with E-state index in [4.69, 9.17) is 27.9 Å². The molecule has 2 aliphatic carbocycles. The number of imide groups is 2. The lowest BCUT2D eigenvalue weighted by Gasteiger charge is -2.50. The summed E-state index contributed by atoms with van der Waals surface area (Å²) in [6.45, 7) is 0. The van der Waals surface area contributed by atoms with Crippen molar-refractivity contribution in [1.82, 2.24) is 5.01 Å². The van der Waals surface area contributed by atoms with Gasteiger partial charge in [0.05, 0.1) is 58.1 Å². The van der Waals surface area contributed by atoms with Crippen molar-refractivity contribution in [3.63, 3.8) is 0 Å². The molecule has 6 unspecified atom stereocenters. The van der Waals surface area contributed by atoms with E-state index in [1.165, 1.54) is 42.3 Å². The monoisotopic (exact) mass is 872 g/mol. The quantitative estimate of drug-likeness (QED) is 0.0847. The Hall–Kier alpha value is -6.57. The first kappa shape index (κ1) is 40.8. The Morgan fingerprint density at radius 2 is 1.47 bits per heavy atom. The third-order valence-corrected chi connectivity index (χ3v) is 13.2. The summed E-state index contributed by atoms with van der Waals surface area (Å²) >= 11 is 13.1. The normalized spacial score (nSPS) is 24.2. The number of phenolic OH excluding ortho intramolecular Hbond substituents is 1. The second-order valence-corrected chi connectivity index (χ2v) is 16.9. The molecular weight excluding hydrogens is 834 g/mol. The van der Waals surface area contributed by atoms with Crippen LogP contribution in [0.15, 0.2) is 131 Å². The number of azo groups is 1. The van der Waals surface area contributed by atoms with Crippen LogP contribution in [0.3, 0.4) is 0 Å². The number of halogens is 3. The van der Waals surface area contributed by atoms with Gasteiger partial charge in [-0.15, -0.1) is 0 Å². The fourth-order valence-corrected chi connectivity index (χ4v) is 10.1. The molecule has 2 N–H and O–H groups in total. The van der Waals surface area contributed by atoms with Gasteiger partial charge < -0.3 is 14.7 Å². The van der Waals surface area contributed by atoms with Crippen molar-refractivity contribution >= 4 is 75.3 Å². The summed E-state index contributed by atoms with van der Waals surface area (Å²) in [5.41, 5.74) is 5.72. The minimum absolute atomic E-state index is 0.0307. The van der Waals surface area contributed by atoms with E-state index < -0.39 is 58.5 Å². The fourth-order valence-electron chi connectivity index (χ4n) is 9.80. The zero-order valence-corrected chi connectivity index (χ0v) is 35.1. The molecule has 0 spiro atoms. The highest BCUT2D eigenvalue weighted by Crippen LogP contribution is 2.65. The molecule has 0 radical (unpaired) electrons. The largest absolute Gasteiger partial charge is 0.503 e. The Morgan fingerprint density at radius 1 is 0.823 bits per heavy atom. The number of nitrogens with one attached hydrogen (secondary N) is 1. The number of allylic oxidation sites excluding steroid dienone is 2. The molecule has 6 atom stereocenters. The molecule has 2 saturated heterocycles. The number of amides is 4. The molecule has 15 heteroatoms. The molecule has 2 aliphatic heterocycles. The average Bonchev–Trinajstić information content (AvgIpc) is 3.65. The average molecular weight is 874 g/mol. The number of hydrogen-bond acceptors (Lipinski definition) is 10. The summed E-state index contributed by atoms with van der Waals surface area (Å²) in [5, 5.41) is 20.9. The number of ether oxygens (including phenoxy) is 1. The van der Waals surface area contributed by atoms with Crippen molar-refractivity contribution in [2.45, 2.75) is 24.2 Å². The van der Waals surface area contributed by atoms with E-state index in [0.29, 0.717) is 44.5 Å². The molecule has 4 aliphatic rings. The fraction of sp³-hybridized carbons (Fsp3) is 0.234. The van der Waals surface area contributed by atoms with Crippen LogP contribution in [0.1, 0.15) is 29.9 Å². The molecule has 62 heavy (non-hydrogen) atoms. The van der Waals surface area contributed by atoms with Gasteiger partial charge in [0.15, 0.2) is 11.5 Å². The summed E-state index contributed by atoms with van der Waals surface area (Å²) in [7, 11) is 5.27. The summed E-state index contributed by atoms with van der Waals surface area (Å²) < 4.78 is 19.5. The summed E-state index contributed by atoms with van der Waals surface area (Å²) in [6, 6.07) is 29.3. The molecule has 5 aromatic carbocycles. The molecule has 314 valence electrons. The highest BCUT2D eigenvalue weighted by molar-refractivity contribution is 6.32. The lowest BCUT2D eigenvalue weighted by Crippen LogP contribution is -2.53. The first-order chi connectivity index (χ1) is 29.8. The molecule has 9 rings (SSSR count). The summed E-state index contributed by atoms with van der Waals surface area (Å²) in [5.74, 6) is -7.13. The van der Waals surface area contributed by atoms with E-state index in [2.05, 4.69) is 15.7 Å². The predicted molar refractivity (Wildman–Crippen MR) is 233 cm³/mol. The van der Waals surface area contributed by atoms with Gasteiger partial charge in [-0.25, -0.2) is 4.39 Å². The van der Waals surface area contributed by atoms with Crippen LogP contribution in [-0.2, 0) is 24.6 Å². The third-order valence-electron chi connectivity index (χ3n) is 12.6. The molecule has 0 aromatic heterocycles. The maximum atomic E-state index is 15.4. The summed E-state index contributed by atoms with van der Waals surface area (Å²) in [6.07, 6.45) is 2.12. The highest BCUT2D eigenvalue weighted by Gasteiger charge is 2.70. The minimum Gasteiger partial charge on any atom is -0.503 e. The Kier molecular flexibility index (Phi) is 10.3. The number of methoxy groups -OCH3 is 1. The predicted octanol–water partition coefficient (Wildman–Crippen LogP) is 9.52. The number of aromatic hydroxyl groups is 1. The van der Waals surface area contributed by atoms with E-state index in [1.807, 2.05) is 49.3 Å². The van der Waals surface area contributed by atoms with Gasteiger partial charge in [0.2, 0.25) is 11.8 Å². The number of hydrogen-bond donors (Lipinski definition) is 2. The van der Waals surface area contributed by atoms with Crippen LogP contribution in [0.2, 0.25) is 10.0 Å². The zero-order chi connectivity index (χ0) is 43.6. The Bertz CT molecular complexity index is 2690. The third kappa shape index (κ3) is 6.58. The molecule has 3 fully saturated rings. The Labute approximate surface area is 366 Å². The van der Waals surface area contributed by atoms with Crippen LogP contribution in [0, 0.1) is 29.5 Å². The van der Waals surface area contributed by atoms with Crippen molar-refractivity contribution in [1.29, 1.82) is 0 Å². The molecule has 0 bridgehead atoms. The zero-order valence-electron chi connectivity index (χ0n) is 33.6. The first-order valence-electron chi connectivity index (χ1n) is 19.9. The van der Waals surface area contributed by atoms with Crippen LogP contribution in [0.25, 0.3) is 0 Å². The SMILES string of the molecule is COc1cc(C2C3=CCC4C(=O)N(c5ccc(N=Nc6ccc(N(C)C)cc6)cc5)C(=O)C4C3CC3C(=O)N(Nc4ccc(F)cc4)C(=O)C32c2ccc(Cl)cc2)cc(Cl)c1O. The second kappa shape index (κ2) is 15.7. The maximum Gasteiger partial charge on any atom is 0.260 e. The van der Waals surface area contributed by atoms with Gasteiger partial charge in [-0.1, -0.05) is 47.0 Å². The first-order valence-corrected chi connectivity index (χ1v) is 20.7. The number of carbonyl (C=O) groups excluding carboxylic acids is 4. The number of hydrazine groups is 1. The van der Waals surface area contributed by atoms with Gasteiger partial charge in [0.1, 0.15) is 5.82 Å². The van der Waals surface area contributed by atoms with Gasteiger partial charge in [0, 0.05) is 30.7 Å². The van der Waals surface area contributed by atoms with Gasteiger partial charge in [-0.05, 0) is 127 Å². The molecule has 4 amide bonds. The molecular formula is C47H39Cl2FN6O6. The van der Waals surface area contributed by atoms with E-state index in [1.54, 1.807) is 54.6 Å². The lowest BCUT2D eigenvalue weighted by atomic mass is 9.49. The van der Waals surface area contributed by atoms with Gasteiger partial charge in [-0.2, -0.15) is 15.2 Å². The van der Waals surface area contributed by atoms with E-state index in [-0.39, 0.29) is 35.3 Å². The smallest absolute Gasteiger partial charge is 0.260 e. The Morgan fingerprint density at radius 3 is 2.10 bits per heavy atom. The van der Waals surface area contributed by atoms with Crippen LogP contribution in [-0.4, -0.2) is 54.9 Å². The summed E-state index contributed by atoms with van der Waals surface area (Å²) in [4.78, 5) is 62.7. The Balaban J connectivity index is 1.12. The van der Waals surface area contributed by atoms with Crippen molar-refractivity contribution < 1.29 is 33.4 Å². The highest BCUT2D eigenvalue weighted by atomic mass is 35.5. The molecule has 1 saturated carbocycles. The number of rotatable bonds is 9. The van der Waals surface area contributed by atoms with E-state index in [9.17, 15) is 23.9 Å². The number of nitrogens with zero attached hydrogens (tertiary/aromatic N) is 5. The second-order valence-electron chi connectivity index (χ2n) is 16.1.